The lowest BCUT2D eigenvalue weighted by Gasteiger charge is -2.35. The Morgan fingerprint density at radius 1 is 0.938 bits per heavy atom. The highest BCUT2D eigenvalue weighted by Crippen LogP contribution is 2.46. The van der Waals surface area contributed by atoms with Crippen molar-refractivity contribution in [1.82, 2.24) is 35.4 Å². The Hall–Kier alpha value is -5.81. The number of amides is 2. The van der Waals surface area contributed by atoms with Gasteiger partial charge in [-0.2, -0.15) is 8.78 Å². The van der Waals surface area contributed by atoms with E-state index in [9.17, 15) is 18.7 Å². The Morgan fingerprint density at radius 2 is 1.67 bits per heavy atom. The van der Waals surface area contributed by atoms with Crippen LogP contribution in [0.5, 0.6) is 5.75 Å². The maximum absolute atomic E-state index is 15.9. The number of benzene rings is 3. The zero-order valence-electron chi connectivity index (χ0n) is 25.2. The number of ether oxygens (including phenoxy) is 1. The molecule has 244 valence electrons. The first-order chi connectivity index (χ1) is 23.1. The van der Waals surface area contributed by atoms with Crippen LogP contribution < -0.4 is 10.1 Å². The number of halogens is 4. The number of hydrogen-bond acceptors (Lipinski definition) is 7. The van der Waals surface area contributed by atoms with Crippen molar-refractivity contribution in [2.75, 3.05) is 13.1 Å². The van der Waals surface area contributed by atoms with Crippen molar-refractivity contribution in [3.63, 3.8) is 0 Å². The Balaban J connectivity index is 1.10. The summed E-state index contributed by atoms with van der Waals surface area (Å²) in [5.74, 6) is -0.137. The number of aliphatic hydroxyl groups is 1. The monoisotopic (exact) mass is 657 g/mol. The van der Waals surface area contributed by atoms with Gasteiger partial charge in [0.25, 0.3) is 0 Å². The van der Waals surface area contributed by atoms with E-state index in [-0.39, 0.29) is 6.03 Å². The van der Waals surface area contributed by atoms with E-state index >= 15 is 8.78 Å². The van der Waals surface area contributed by atoms with Gasteiger partial charge in [-0.15, -0.1) is 5.10 Å². The maximum atomic E-state index is 15.9. The molecule has 1 saturated heterocycles. The van der Waals surface area contributed by atoms with Gasteiger partial charge in [0.15, 0.2) is 5.60 Å². The minimum atomic E-state index is -4.17. The number of carbonyl (C=O) groups excluding carboxylic acids is 1. The number of rotatable bonds is 10. The Morgan fingerprint density at radius 3 is 2.31 bits per heavy atom. The van der Waals surface area contributed by atoms with E-state index in [2.05, 4.69) is 37.7 Å². The van der Waals surface area contributed by atoms with Crippen molar-refractivity contribution in [1.29, 1.82) is 0 Å². The summed E-state index contributed by atoms with van der Waals surface area (Å²) in [6.07, 6.45) is 2.09. The molecule has 1 unspecified atom stereocenters. The van der Waals surface area contributed by atoms with E-state index in [0.29, 0.717) is 49.2 Å². The molecule has 0 radical (unpaired) electrons. The molecule has 3 aromatic carbocycles. The summed E-state index contributed by atoms with van der Waals surface area (Å²) in [6, 6.07) is 19.0. The zero-order chi connectivity index (χ0) is 33.7. The lowest BCUT2D eigenvalue weighted by atomic mass is 9.84. The fraction of sp³-hybridized carbons (Fsp3) is 0.206. The molecular formula is C34H27F4N7O3. The number of carbonyl (C=O) groups is 1. The number of nitrogens with zero attached hydrogens (tertiary/aromatic N) is 6. The second kappa shape index (κ2) is 13.5. The molecule has 0 aliphatic carbocycles. The quantitative estimate of drug-likeness (QED) is 0.167. The fourth-order valence-electron chi connectivity index (χ4n) is 5.10. The number of aromatic nitrogens is 5. The highest BCUT2D eigenvalue weighted by atomic mass is 19.3. The first-order valence-electron chi connectivity index (χ1n) is 14.7. The third-order valence-corrected chi connectivity index (χ3v) is 7.72. The van der Waals surface area contributed by atoms with Gasteiger partial charge < -0.3 is 20.1 Å². The number of alkyl halides is 2. The second-order valence-corrected chi connectivity index (χ2v) is 11.0. The number of urea groups is 1. The normalized spacial score (nSPS) is 14.2. The minimum Gasteiger partial charge on any atom is -0.489 e. The van der Waals surface area contributed by atoms with Crippen molar-refractivity contribution in [2.24, 2.45) is 0 Å². The van der Waals surface area contributed by atoms with E-state index in [1.165, 1.54) is 6.07 Å². The van der Waals surface area contributed by atoms with Crippen molar-refractivity contribution in [2.45, 2.75) is 31.2 Å². The summed E-state index contributed by atoms with van der Waals surface area (Å²) >= 11 is 0. The first kappa shape index (κ1) is 32.1. The van der Waals surface area contributed by atoms with Crippen LogP contribution in [-0.2, 0) is 31.2 Å². The molecule has 0 bridgehead atoms. The van der Waals surface area contributed by atoms with Crippen LogP contribution in [0.3, 0.4) is 0 Å². The largest absolute Gasteiger partial charge is 0.489 e. The third kappa shape index (κ3) is 6.96. The number of pyridine rings is 1. The Kier molecular flexibility index (Phi) is 9.04. The van der Waals surface area contributed by atoms with E-state index in [4.69, 9.17) is 4.74 Å². The number of tetrazole rings is 1. The van der Waals surface area contributed by atoms with Crippen LogP contribution in [0.15, 0.2) is 91.4 Å². The maximum Gasteiger partial charge on any atom is 0.323 e. The predicted octanol–water partition coefficient (Wildman–Crippen LogP) is 4.53. The Labute approximate surface area is 272 Å². The highest BCUT2D eigenvalue weighted by molar-refractivity contribution is 5.76. The molecule has 14 heteroatoms. The average molecular weight is 658 g/mol. The summed E-state index contributed by atoms with van der Waals surface area (Å²) in [6.45, 7) is 1.28. The second-order valence-electron chi connectivity index (χ2n) is 11.0. The summed E-state index contributed by atoms with van der Waals surface area (Å²) < 4.78 is 66.9. The van der Waals surface area contributed by atoms with Gasteiger partial charge in [0.2, 0.25) is 0 Å². The van der Waals surface area contributed by atoms with Gasteiger partial charge in [-0.05, 0) is 70.1 Å². The fourth-order valence-corrected chi connectivity index (χ4v) is 5.10. The first-order valence-corrected chi connectivity index (χ1v) is 14.7. The van der Waals surface area contributed by atoms with E-state index in [0.717, 1.165) is 46.5 Å². The van der Waals surface area contributed by atoms with Gasteiger partial charge >= 0.3 is 12.0 Å². The molecule has 1 aliphatic heterocycles. The third-order valence-electron chi connectivity index (χ3n) is 7.72. The lowest BCUT2D eigenvalue weighted by molar-refractivity contribution is -0.207. The zero-order valence-corrected chi connectivity index (χ0v) is 25.2. The molecule has 1 fully saturated rings. The van der Waals surface area contributed by atoms with Gasteiger partial charge in [0.05, 0.1) is 6.54 Å². The molecule has 0 spiro atoms. The molecule has 48 heavy (non-hydrogen) atoms. The summed E-state index contributed by atoms with van der Waals surface area (Å²) in [7, 11) is 0. The van der Waals surface area contributed by atoms with Crippen LogP contribution in [0.4, 0.5) is 22.4 Å². The van der Waals surface area contributed by atoms with E-state index in [1.54, 1.807) is 29.2 Å². The van der Waals surface area contributed by atoms with Crippen LogP contribution in [0.25, 0.3) is 0 Å². The predicted molar refractivity (Wildman–Crippen MR) is 163 cm³/mol. The highest BCUT2D eigenvalue weighted by Gasteiger charge is 2.58. The van der Waals surface area contributed by atoms with Crippen LogP contribution in [0, 0.1) is 23.5 Å². The molecule has 2 aromatic heterocycles. The molecule has 1 atom stereocenters. The Bertz CT molecular complexity index is 1950. The van der Waals surface area contributed by atoms with E-state index < -0.39 is 41.0 Å². The molecule has 5 aromatic rings. The van der Waals surface area contributed by atoms with Gasteiger partial charge in [-0.25, -0.2) is 18.3 Å². The molecule has 0 saturated carbocycles. The van der Waals surface area contributed by atoms with Gasteiger partial charge in [0.1, 0.15) is 36.0 Å². The van der Waals surface area contributed by atoms with Crippen molar-refractivity contribution < 1.29 is 32.2 Å². The van der Waals surface area contributed by atoms with Crippen LogP contribution in [0.2, 0.25) is 0 Å². The molecule has 2 N–H and O–H groups in total. The van der Waals surface area contributed by atoms with Crippen molar-refractivity contribution >= 4 is 6.03 Å². The molecule has 6 rings (SSSR count). The van der Waals surface area contributed by atoms with Gasteiger partial charge in [-0.1, -0.05) is 36.1 Å². The summed E-state index contributed by atoms with van der Waals surface area (Å²) in [4.78, 5) is 17.3. The molecule has 3 heterocycles. The lowest BCUT2D eigenvalue weighted by Crippen LogP contribution is -2.48. The van der Waals surface area contributed by atoms with Crippen LogP contribution in [-0.4, -0.2) is 54.3 Å². The van der Waals surface area contributed by atoms with Crippen LogP contribution >= 0.6 is 0 Å². The summed E-state index contributed by atoms with van der Waals surface area (Å²) in [5, 5.41) is 24.3. The molecule has 2 amide bonds. The van der Waals surface area contributed by atoms with Crippen molar-refractivity contribution in [3.05, 3.63) is 137 Å². The van der Waals surface area contributed by atoms with Crippen LogP contribution in [0.1, 0.15) is 33.5 Å². The van der Waals surface area contributed by atoms with Crippen molar-refractivity contribution in [3.8, 4) is 17.6 Å². The standard InChI is InChI=1S/C34H27F4N7O3/c35-27-10-13-29(30(36)17-27)33(47,21-45-22-41-42-43-45)34(37,38)31-14-9-24(18-40-31)2-1-23-7-11-28(12-8-23)48-20-26-5-3-25(4-6-26)19-44-16-15-39-32(44)46/h3-14,17-18,22,47H,15-16,19-21H2,(H,39,46). The molecular weight excluding hydrogens is 630 g/mol. The SMILES string of the molecule is O=C1NCCN1Cc1ccc(COc2ccc(C#Cc3ccc(C(F)(F)C(O)(Cn4cnnn4)c4ccc(F)cc4F)nc3)cc2)cc1. The smallest absolute Gasteiger partial charge is 0.323 e. The average Bonchev–Trinajstić information content (AvgIpc) is 3.75. The minimum absolute atomic E-state index is 0.0588. The molecule has 10 nitrogen and oxygen atoms in total. The topological polar surface area (TPSA) is 118 Å². The number of hydrogen-bond donors (Lipinski definition) is 2. The van der Waals surface area contributed by atoms with Gasteiger partial charge in [0, 0.05) is 48.6 Å². The van der Waals surface area contributed by atoms with Gasteiger partial charge in [-0.3, -0.25) is 4.98 Å². The number of nitrogens with one attached hydrogen (secondary N) is 1. The molecule has 1 aliphatic rings. The summed E-state index contributed by atoms with van der Waals surface area (Å²) in [5.41, 5.74) is -2.03. The van der Waals surface area contributed by atoms with E-state index in [1.807, 2.05) is 24.3 Å².